The molecule has 1 amide bonds. The summed E-state index contributed by atoms with van der Waals surface area (Å²) in [7, 11) is 5.80. The molecule has 1 unspecified atom stereocenters. The van der Waals surface area contributed by atoms with Gasteiger partial charge in [0.1, 0.15) is 11.5 Å². The highest BCUT2D eigenvalue weighted by molar-refractivity contribution is 5.92. The van der Waals surface area contributed by atoms with Gasteiger partial charge >= 0.3 is 0 Å². The van der Waals surface area contributed by atoms with Gasteiger partial charge in [-0.1, -0.05) is 26.8 Å². The summed E-state index contributed by atoms with van der Waals surface area (Å²) in [6.45, 7) is 7.66. The molecule has 2 aromatic heterocycles. The van der Waals surface area contributed by atoms with Crippen LogP contribution < -0.4 is 15.5 Å². The van der Waals surface area contributed by atoms with Gasteiger partial charge in [-0.2, -0.15) is 5.10 Å². The maximum absolute atomic E-state index is 12.4. The lowest BCUT2D eigenvalue weighted by molar-refractivity contribution is 0.0925. The molecule has 7 nitrogen and oxygen atoms in total. The van der Waals surface area contributed by atoms with Crippen LogP contribution in [0.5, 0.6) is 0 Å². The van der Waals surface area contributed by atoms with Gasteiger partial charge in [0.15, 0.2) is 0 Å². The van der Waals surface area contributed by atoms with Crippen molar-refractivity contribution < 1.29 is 4.79 Å². The van der Waals surface area contributed by atoms with Gasteiger partial charge in [-0.05, 0) is 48.4 Å². The van der Waals surface area contributed by atoms with E-state index >= 15 is 0 Å². The Balaban J connectivity index is 1.68. The molecule has 1 aliphatic rings. The van der Waals surface area contributed by atoms with Crippen LogP contribution in [0.2, 0.25) is 0 Å². The number of pyridine rings is 1. The quantitative estimate of drug-likeness (QED) is 0.759. The minimum atomic E-state index is -0.0707. The van der Waals surface area contributed by atoms with Gasteiger partial charge in [0, 0.05) is 39.9 Å². The maximum Gasteiger partial charge on any atom is 0.269 e. The first-order valence-corrected chi connectivity index (χ1v) is 10.6. The predicted octanol–water partition coefficient (Wildman–Crippen LogP) is 3.71. The van der Waals surface area contributed by atoms with Crippen molar-refractivity contribution in [3.8, 4) is 0 Å². The molecule has 0 aliphatic heterocycles. The number of nitrogens with one attached hydrogen (secondary N) is 2. The van der Waals surface area contributed by atoms with E-state index in [0.29, 0.717) is 5.69 Å². The van der Waals surface area contributed by atoms with Crippen molar-refractivity contribution in [1.29, 1.82) is 0 Å². The Morgan fingerprint density at radius 2 is 2.07 bits per heavy atom. The third-order valence-corrected chi connectivity index (χ3v) is 5.36. The highest BCUT2D eigenvalue weighted by Gasteiger charge is 2.21. The zero-order valence-corrected chi connectivity index (χ0v) is 19.0. The number of hydrogen-bond acceptors (Lipinski definition) is 5. The first kappa shape index (κ1) is 21.9. The van der Waals surface area contributed by atoms with Gasteiger partial charge in [-0.3, -0.25) is 9.48 Å². The fraction of sp³-hybridized carbons (Fsp3) is 0.522. The lowest BCUT2D eigenvalue weighted by atomic mass is 9.92. The van der Waals surface area contributed by atoms with Crippen molar-refractivity contribution in [2.24, 2.45) is 12.5 Å². The highest BCUT2D eigenvalue weighted by atomic mass is 16.2. The Kier molecular flexibility index (Phi) is 6.48. The van der Waals surface area contributed by atoms with Crippen LogP contribution in [0.15, 0.2) is 30.5 Å². The standard InChI is InChI=1S/C23H34N6O/c1-23(2,3)15-28(5)19-12-11-18(27-21(19)24-4)16-7-9-17(10-8-16)26-22(30)20-13-14-25-29(20)6/h7,11-14,17H,8-10,15H2,1-6H3,(H,24,27)(H,26,30). The molecular formula is C23H34N6O. The molecular weight excluding hydrogens is 376 g/mol. The van der Waals surface area contributed by atoms with E-state index in [9.17, 15) is 4.79 Å². The van der Waals surface area contributed by atoms with E-state index in [0.717, 1.165) is 43.0 Å². The number of rotatable bonds is 6. The maximum atomic E-state index is 12.4. The van der Waals surface area contributed by atoms with Crippen molar-refractivity contribution in [3.63, 3.8) is 0 Å². The van der Waals surface area contributed by atoms with Crippen molar-refractivity contribution in [2.75, 3.05) is 30.9 Å². The van der Waals surface area contributed by atoms with Gasteiger partial charge < -0.3 is 15.5 Å². The average molecular weight is 411 g/mol. The summed E-state index contributed by atoms with van der Waals surface area (Å²) in [6, 6.07) is 6.13. The molecule has 1 atom stereocenters. The Morgan fingerprint density at radius 1 is 1.30 bits per heavy atom. The molecule has 0 fully saturated rings. The molecule has 2 heterocycles. The van der Waals surface area contributed by atoms with Crippen LogP contribution in [0.1, 0.15) is 56.2 Å². The smallest absolute Gasteiger partial charge is 0.269 e. The molecule has 1 aliphatic carbocycles. The Hall–Kier alpha value is -2.83. The number of nitrogens with zero attached hydrogens (tertiary/aromatic N) is 4. The molecule has 3 rings (SSSR count). The van der Waals surface area contributed by atoms with Gasteiger partial charge in [-0.15, -0.1) is 0 Å². The van der Waals surface area contributed by atoms with Crippen molar-refractivity contribution in [2.45, 2.75) is 46.1 Å². The molecule has 7 heteroatoms. The first-order valence-electron chi connectivity index (χ1n) is 10.6. The van der Waals surface area contributed by atoms with E-state index < -0.39 is 0 Å². The third-order valence-electron chi connectivity index (χ3n) is 5.36. The molecule has 162 valence electrons. The Labute approximate surface area is 179 Å². The second-order valence-corrected chi connectivity index (χ2v) is 9.25. The summed E-state index contributed by atoms with van der Waals surface area (Å²) in [6.07, 6.45) is 6.45. The molecule has 2 N–H and O–H groups in total. The van der Waals surface area contributed by atoms with E-state index in [1.54, 1.807) is 24.0 Å². The number of anilines is 2. The van der Waals surface area contributed by atoms with Crippen molar-refractivity contribution in [1.82, 2.24) is 20.1 Å². The fourth-order valence-corrected chi connectivity index (χ4v) is 3.97. The summed E-state index contributed by atoms with van der Waals surface area (Å²) in [5, 5.41) is 10.4. The number of allylic oxidation sites excluding steroid dienone is 1. The minimum absolute atomic E-state index is 0.0707. The summed E-state index contributed by atoms with van der Waals surface area (Å²) < 4.78 is 1.60. The van der Waals surface area contributed by atoms with E-state index in [2.05, 4.69) is 66.7 Å². The van der Waals surface area contributed by atoms with Crippen molar-refractivity contribution in [3.05, 3.63) is 41.9 Å². The van der Waals surface area contributed by atoms with Gasteiger partial charge in [0.05, 0.1) is 11.4 Å². The van der Waals surface area contributed by atoms with E-state index in [1.807, 2.05) is 7.05 Å². The molecule has 30 heavy (non-hydrogen) atoms. The molecule has 0 saturated heterocycles. The number of carbonyl (C=O) groups excluding carboxylic acids is 1. The minimum Gasteiger partial charge on any atom is -0.371 e. The zero-order valence-electron chi connectivity index (χ0n) is 19.0. The van der Waals surface area contributed by atoms with E-state index in [1.165, 1.54) is 5.57 Å². The molecule has 0 aromatic carbocycles. The number of carbonyl (C=O) groups is 1. The molecule has 0 radical (unpaired) electrons. The zero-order chi connectivity index (χ0) is 21.9. The molecule has 0 spiro atoms. The van der Waals surface area contributed by atoms with Crippen LogP contribution in [-0.4, -0.2) is 47.4 Å². The Morgan fingerprint density at radius 3 is 2.63 bits per heavy atom. The predicted molar refractivity (Wildman–Crippen MR) is 123 cm³/mol. The summed E-state index contributed by atoms with van der Waals surface area (Å²) >= 11 is 0. The fourth-order valence-electron chi connectivity index (χ4n) is 3.97. The Bertz CT molecular complexity index is 924. The van der Waals surface area contributed by atoms with Crippen LogP contribution in [-0.2, 0) is 7.05 Å². The third kappa shape index (κ3) is 5.20. The summed E-state index contributed by atoms with van der Waals surface area (Å²) in [5.41, 5.74) is 4.14. The summed E-state index contributed by atoms with van der Waals surface area (Å²) in [5.74, 6) is 0.825. The number of amides is 1. The van der Waals surface area contributed by atoms with Crippen LogP contribution in [0, 0.1) is 5.41 Å². The highest BCUT2D eigenvalue weighted by Crippen LogP contribution is 2.31. The summed E-state index contributed by atoms with van der Waals surface area (Å²) in [4.78, 5) is 19.5. The average Bonchev–Trinajstić information content (AvgIpc) is 3.13. The normalized spacial score (nSPS) is 16.7. The molecule has 0 saturated carbocycles. The lowest BCUT2D eigenvalue weighted by Gasteiger charge is -2.29. The first-order chi connectivity index (χ1) is 14.2. The van der Waals surface area contributed by atoms with Crippen LogP contribution in [0.3, 0.4) is 0 Å². The number of hydrogen-bond donors (Lipinski definition) is 2. The van der Waals surface area contributed by atoms with Gasteiger partial charge in [0.2, 0.25) is 0 Å². The SMILES string of the molecule is CNc1nc(C2=CCC(NC(=O)c3ccnn3C)CC2)ccc1N(C)CC(C)(C)C. The topological polar surface area (TPSA) is 75.1 Å². The lowest BCUT2D eigenvalue weighted by Crippen LogP contribution is -2.36. The van der Waals surface area contributed by atoms with Gasteiger partial charge in [-0.25, -0.2) is 4.98 Å². The van der Waals surface area contributed by atoms with Crippen LogP contribution in [0.25, 0.3) is 5.57 Å². The van der Waals surface area contributed by atoms with Crippen LogP contribution in [0.4, 0.5) is 11.5 Å². The van der Waals surface area contributed by atoms with Crippen LogP contribution >= 0.6 is 0 Å². The number of aryl methyl sites for hydroxylation is 1. The van der Waals surface area contributed by atoms with E-state index in [-0.39, 0.29) is 17.4 Å². The van der Waals surface area contributed by atoms with Gasteiger partial charge in [0.25, 0.3) is 5.91 Å². The monoisotopic (exact) mass is 410 g/mol. The number of aromatic nitrogens is 3. The van der Waals surface area contributed by atoms with Crippen molar-refractivity contribution >= 4 is 23.0 Å². The van der Waals surface area contributed by atoms with E-state index in [4.69, 9.17) is 4.98 Å². The second kappa shape index (κ2) is 8.90. The second-order valence-electron chi connectivity index (χ2n) is 9.25. The molecule has 2 aromatic rings. The molecule has 0 bridgehead atoms. The largest absolute Gasteiger partial charge is 0.371 e.